The largest absolute Gasteiger partial charge is 0.398 e. The lowest BCUT2D eigenvalue weighted by Gasteiger charge is -2.27. The monoisotopic (exact) mass is 255 g/mol. The van der Waals surface area contributed by atoms with Crippen LogP contribution in [-0.2, 0) is 4.74 Å². The zero-order valence-corrected chi connectivity index (χ0v) is 10.0. The summed E-state index contributed by atoms with van der Waals surface area (Å²) in [7, 11) is 0. The van der Waals surface area contributed by atoms with Crippen LogP contribution >= 0.6 is 11.6 Å². The van der Waals surface area contributed by atoms with E-state index in [0.717, 1.165) is 0 Å². The molecule has 6 heteroatoms. The maximum absolute atomic E-state index is 12.0. The standard InChI is InChI=1S/C11H14ClN3O2/c12-8-2-1-3-9(13)10(8)11(16)14-15-4-6-17-7-5-15/h1-3H,4-7,13H2,(H,14,16). The second-order valence-corrected chi connectivity index (χ2v) is 4.15. The van der Waals surface area contributed by atoms with Crippen LogP contribution in [0, 0.1) is 0 Å². The van der Waals surface area contributed by atoms with E-state index < -0.39 is 0 Å². The zero-order chi connectivity index (χ0) is 12.3. The van der Waals surface area contributed by atoms with Crippen molar-refractivity contribution in [3.63, 3.8) is 0 Å². The van der Waals surface area contributed by atoms with Gasteiger partial charge in [-0.25, -0.2) is 5.01 Å². The highest BCUT2D eigenvalue weighted by atomic mass is 35.5. The number of morpholine rings is 1. The number of hydrogen-bond acceptors (Lipinski definition) is 4. The third-order valence-electron chi connectivity index (χ3n) is 2.54. The highest BCUT2D eigenvalue weighted by Gasteiger charge is 2.18. The van der Waals surface area contributed by atoms with E-state index in [1.807, 2.05) is 0 Å². The fourth-order valence-electron chi connectivity index (χ4n) is 1.66. The Bertz CT molecular complexity index is 399. The number of halogens is 1. The van der Waals surface area contributed by atoms with Crippen molar-refractivity contribution in [1.29, 1.82) is 0 Å². The molecule has 92 valence electrons. The van der Waals surface area contributed by atoms with Crippen LogP contribution in [0.2, 0.25) is 5.02 Å². The molecule has 17 heavy (non-hydrogen) atoms. The Morgan fingerprint density at radius 3 is 2.76 bits per heavy atom. The van der Waals surface area contributed by atoms with Crippen molar-refractivity contribution in [2.24, 2.45) is 0 Å². The van der Waals surface area contributed by atoms with Crippen LogP contribution in [0.1, 0.15) is 10.4 Å². The maximum atomic E-state index is 12.0. The van der Waals surface area contributed by atoms with Crippen LogP contribution in [-0.4, -0.2) is 37.2 Å². The van der Waals surface area contributed by atoms with Crippen molar-refractivity contribution >= 4 is 23.2 Å². The average molecular weight is 256 g/mol. The van der Waals surface area contributed by atoms with Crippen molar-refractivity contribution in [2.75, 3.05) is 32.0 Å². The van der Waals surface area contributed by atoms with Crippen molar-refractivity contribution in [2.45, 2.75) is 0 Å². The summed E-state index contributed by atoms with van der Waals surface area (Å²) < 4.78 is 5.19. The highest BCUT2D eigenvalue weighted by molar-refractivity contribution is 6.34. The van der Waals surface area contributed by atoms with Gasteiger partial charge in [-0.05, 0) is 12.1 Å². The van der Waals surface area contributed by atoms with E-state index >= 15 is 0 Å². The number of hydrazine groups is 1. The van der Waals surface area contributed by atoms with Gasteiger partial charge in [-0.3, -0.25) is 10.2 Å². The summed E-state index contributed by atoms with van der Waals surface area (Å²) in [6.07, 6.45) is 0. The van der Waals surface area contributed by atoms with E-state index in [1.54, 1.807) is 23.2 Å². The van der Waals surface area contributed by atoms with E-state index in [-0.39, 0.29) is 5.91 Å². The fraction of sp³-hybridized carbons (Fsp3) is 0.364. The molecule has 1 aliphatic heterocycles. The van der Waals surface area contributed by atoms with Gasteiger partial charge in [0, 0.05) is 18.8 Å². The number of ether oxygens (including phenoxy) is 1. The van der Waals surface area contributed by atoms with Gasteiger partial charge in [0.05, 0.1) is 23.8 Å². The lowest BCUT2D eigenvalue weighted by molar-refractivity contribution is 0.0126. The van der Waals surface area contributed by atoms with Crippen LogP contribution < -0.4 is 11.2 Å². The first kappa shape index (κ1) is 12.2. The highest BCUT2D eigenvalue weighted by Crippen LogP contribution is 2.21. The molecule has 1 heterocycles. The number of nitrogens with two attached hydrogens (primary N) is 1. The second kappa shape index (κ2) is 5.35. The van der Waals surface area contributed by atoms with E-state index in [2.05, 4.69) is 5.43 Å². The fourth-order valence-corrected chi connectivity index (χ4v) is 1.92. The van der Waals surface area contributed by atoms with Gasteiger partial charge in [0.15, 0.2) is 0 Å². The average Bonchev–Trinajstić information content (AvgIpc) is 2.30. The molecule has 1 fully saturated rings. The predicted octanol–water partition coefficient (Wildman–Crippen LogP) is 0.899. The molecule has 3 N–H and O–H groups in total. The van der Waals surface area contributed by atoms with Gasteiger partial charge >= 0.3 is 0 Å². The van der Waals surface area contributed by atoms with Gasteiger partial charge < -0.3 is 10.5 Å². The molecule has 0 radical (unpaired) electrons. The minimum atomic E-state index is -0.282. The Kier molecular flexibility index (Phi) is 3.83. The molecule has 0 atom stereocenters. The zero-order valence-electron chi connectivity index (χ0n) is 9.28. The molecule has 1 amide bonds. The summed E-state index contributed by atoms with van der Waals surface area (Å²) in [5.74, 6) is -0.282. The molecule has 1 aliphatic rings. The molecule has 1 aromatic carbocycles. The normalized spacial score (nSPS) is 16.8. The summed E-state index contributed by atoms with van der Waals surface area (Å²) in [6, 6.07) is 5.01. The van der Waals surface area contributed by atoms with Crippen molar-refractivity contribution in [3.05, 3.63) is 28.8 Å². The Morgan fingerprint density at radius 1 is 1.41 bits per heavy atom. The van der Waals surface area contributed by atoms with Gasteiger partial charge in [0.2, 0.25) is 0 Å². The first-order valence-corrected chi connectivity index (χ1v) is 5.74. The van der Waals surface area contributed by atoms with Crippen LogP contribution in [0.25, 0.3) is 0 Å². The van der Waals surface area contributed by atoms with E-state index in [9.17, 15) is 4.79 Å². The Hall–Kier alpha value is -1.30. The lowest BCUT2D eigenvalue weighted by atomic mass is 10.1. The minimum absolute atomic E-state index is 0.282. The molecular weight excluding hydrogens is 242 g/mol. The summed E-state index contributed by atoms with van der Waals surface area (Å²) in [6.45, 7) is 2.54. The lowest BCUT2D eigenvalue weighted by Crippen LogP contribution is -2.48. The topological polar surface area (TPSA) is 67.6 Å². The summed E-state index contributed by atoms with van der Waals surface area (Å²) in [5.41, 5.74) is 9.20. The molecule has 1 saturated heterocycles. The number of benzene rings is 1. The summed E-state index contributed by atoms with van der Waals surface area (Å²) in [5, 5.41) is 2.16. The van der Waals surface area contributed by atoms with E-state index in [1.165, 1.54) is 0 Å². The van der Waals surface area contributed by atoms with Crippen molar-refractivity contribution in [3.8, 4) is 0 Å². The van der Waals surface area contributed by atoms with Crippen LogP contribution in [0.15, 0.2) is 18.2 Å². The van der Waals surface area contributed by atoms with Crippen molar-refractivity contribution < 1.29 is 9.53 Å². The van der Waals surface area contributed by atoms with Gasteiger partial charge in [-0.1, -0.05) is 17.7 Å². The second-order valence-electron chi connectivity index (χ2n) is 3.74. The molecule has 5 nitrogen and oxygen atoms in total. The quantitative estimate of drug-likeness (QED) is 0.771. The number of amides is 1. The van der Waals surface area contributed by atoms with Gasteiger partial charge in [-0.2, -0.15) is 0 Å². The predicted molar refractivity (Wildman–Crippen MR) is 65.7 cm³/mol. The first-order valence-electron chi connectivity index (χ1n) is 5.36. The number of anilines is 1. The molecule has 0 unspecified atom stereocenters. The summed E-state index contributed by atoms with van der Waals surface area (Å²) in [4.78, 5) is 12.0. The van der Waals surface area contributed by atoms with E-state index in [0.29, 0.717) is 42.6 Å². The first-order chi connectivity index (χ1) is 8.18. The molecule has 0 spiro atoms. The number of nitrogen functional groups attached to an aromatic ring is 1. The molecule has 0 aliphatic carbocycles. The Morgan fingerprint density at radius 2 is 2.12 bits per heavy atom. The van der Waals surface area contributed by atoms with Gasteiger partial charge in [0.25, 0.3) is 5.91 Å². The number of hydrogen-bond donors (Lipinski definition) is 2. The number of nitrogens with zero attached hydrogens (tertiary/aromatic N) is 1. The molecular formula is C11H14ClN3O2. The third kappa shape index (κ3) is 2.88. The molecule has 0 saturated carbocycles. The van der Waals surface area contributed by atoms with E-state index in [4.69, 9.17) is 22.1 Å². The van der Waals surface area contributed by atoms with Crippen molar-refractivity contribution in [1.82, 2.24) is 10.4 Å². The van der Waals surface area contributed by atoms with Gasteiger partial charge in [0.1, 0.15) is 0 Å². The minimum Gasteiger partial charge on any atom is -0.398 e. The summed E-state index contributed by atoms with van der Waals surface area (Å²) >= 11 is 5.96. The molecule has 0 aromatic heterocycles. The van der Waals surface area contributed by atoms with Crippen LogP contribution in [0.4, 0.5) is 5.69 Å². The maximum Gasteiger partial charge on any atom is 0.269 e. The number of rotatable bonds is 2. The number of nitrogens with one attached hydrogen (secondary N) is 1. The van der Waals surface area contributed by atoms with Crippen LogP contribution in [0.3, 0.4) is 0 Å². The Labute approximate surface area is 104 Å². The molecule has 1 aromatic rings. The SMILES string of the molecule is Nc1cccc(Cl)c1C(=O)NN1CCOCC1. The molecule has 2 rings (SSSR count). The van der Waals surface area contributed by atoms with Crippen LogP contribution in [0.5, 0.6) is 0 Å². The third-order valence-corrected chi connectivity index (χ3v) is 2.86. The number of carbonyl (C=O) groups excluding carboxylic acids is 1. The van der Waals surface area contributed by atoms with Gasteiger partial charge in [-0.15, -0.1) is 0 Å². The molecule has 0 bridgehead atoms. The number of carbonyl (C=O) groups is 1. The Balaban J connectivity index is 2.08. The smallest absolute Gasteiger partial charge is 0.269 e.